The van der Waals surface area contributed by atoms with E-state index in [1.165, 1.54) is 19.0 Å². The van der Waals surface area contributed by atoms with Crippen LogP contribution in [0.2, 0.25) is 0 Å². The molecule has 0 unspecified atom stereocenters. The number of fused-ring (bicyclic) bond motifs is 2. The summed E-state index contributed by atoms with van der Waals surface area (Å²) in [4.78, 5) is 12.0. The Morgan fingerprint density at radius 2 is 2.00 bits per heavy atom. The van der Waals surface area contributed by atoms with Crippen LogP contribution in [-0.2, 0) is 0 Å². The summed E-state index contributed by atoms with van der Waals surface area (Å²) in [7, 11) is 1.52. The zero-order valence-corrected chi connectivity index (χ0v) is 14.2. The van der Waals surface area contributed by atoms with Gasteiger partial charge in [0.2, 0.25) is 0 Å². The number of nitrogens with zero attached hydrogens (tertiary/aromatic N) is 2. The minimum absolute atomic E-state index is 0.0545. The number of aromatic amines is 1. The molecule has 25 heavy (non-hydrogen) atoms. The molecule has 3 N–H and O–H groups in total. The zero-order chi connectivity index (χ0) is 17.6. The number of nitrogens with one attached hydrogen (secondary N) is 2. The number of ether oxygens (including phenoxy) is 1. The van der Waals surface area contributed by atoms with Gasteiger partial charge in [-0.1, -0.05) is 6.07 Å². The van der Waals surface area contributed by atoms with Crippen LogP contribution < -0.4 is 10.1 Å². The summed E-state index contributed by atoms with van der Waals surface area (Å²) in [5.74, 6) is 1.10. The minimum Gasteiger partial charge on any atom is -0.504 e. The molecular weight excluding hydrogens is 316 g/mol. The number of hydrogen-bond acceptors (Lipinski definition) is 5. The molecule has 0 aliphatic rings. The maximum atomic E-state index is 9.96. The number of methoxy groups -OCH3 is 1. The molecule has 2 heterocycles. The molecule has 0 atom stereocenters. The van der Waals surface area contributed by atoms with Gasteiger partial charge in [-0.25, -0.2) is 9.97 Å². The first-order valence-corrected chi connectivity index (χ1v) is 7.95. The van der Waals surface area contributed by atoms with E-state index in [0.717, 1.165) is 27.7 Å². The van der Waals surface area contributed by atoms with Crippen molar-refractivity contribution in [2.45, 2.75) is 13.8 Å². The first kappa shape index (κ1) is 15.3. The number of phenolic OH excluding ortho intramolecular Hbond substituents is 1. The number of hydrogen-bond donors (Lipinski definition) is 3. The molecular formula is C19H18N4O2. The van der Waals surface area contributed by atoms with Crippen molar-refractivity contribution >= 4 is 33.3 Å². The van der Waals surface area contributed by atoms with Crippen molar-refractivity contribution in [1.82, 2.24) is 15.0 Å². The second-order valence-corrected chi connectivity index (χ2v) is 5.99. The second-order valence-electron chi connectivity index (χ2n) is 5.99. The topological polar surface area (TPSA) is 83.1 Å². The third-order valence-corrected chi connectivity index (χ3v) is 4.51. The molecule has 0 aliphatic heterocycles. The highest BCUT2D eigenvalue weighted by molar-refractivity contribution is 6.00. The van der Waals surface area contributed by atoms with E-state index in [2.05, 4.69) is 40.2 Å². The average molecular weight is 334 g/mol. The summed E-state index contributed by atoms with van der Waals surface area (Å²) in [6.45, 7) is 4.16. The highest BCUT2D eigenvalue weighted by Crippen LogP contribution is 2.35. The Morgan fingerprint density at radius 1 is 1.16 bits per heavy atom. The number of phenols is 1. The quantitative estimate of drug-likeness (QED) is 0.523. The Kier molecular flexibility index (Phi) is 3.46. The Morgan fingerprint density at radius 3 is 2.80 bits per heavy atom. The van der Waals surface area contributed by atoms with Gasteiger partial charge >= 0.3 is 0 Å². The molecule has 0 fully saturated rings. The molecule has 2 aromatic heterocycles. The van der Waals surface area contributed by atoms with E-state index in [-0.39, 0.29) is 5.75 Å². The molecule has 0 saturated heterocycles. The Balaban J connectivity index is 1.89. The normalized spacial score (nSPS) is 11.2. The summed E-state index contributed by atoms with van der Waals surface area (Å²) in [5, 5.41) is 15.3. The number of rotatable bonds is 3. The van der Waals surface area contributed by atoms with Crippen LogP contribution in [0.5, 0.6) is 11.5 Å². The van der Waals surface area contributed by atoms with Crippen LogP contribution >= 0.6 is 0 Å². The maximum absolute atomic E-state index is 9.96. The maximum Gasteiger partial charge on any atom is 0.161 e. The third-order valence-electron chi connectivity index (χ3n) is 4.51. The monoisotopic (exact) mass is 334 g/mol. The van der Waals surface area contributed by atoms with Gasteiger partial charge < -0.3 is 20.1 Å². The van der Waals surface area contributed by atoms with Crippen molar-refractivity contribution in [3.63, 3.8) is 0 Å². The molecule has 0 saturated carbocycles. The van der Waals surface area contributed by atoms with Gasteiger partial charge in [-0.2, -0.15) is 0 Å². The number of aryl methyl sites for hydroxylation is 2. The number of benzene rings is 2. The van der Waals surface area contributed by atoms with Gasteiger partial charge in [0.25, 0.3) is 0 Å². The lowest BCUT2D eigenvalue weighted by Gasteiger charge is -2.11. The molecule has 0 aliphatic carbocycles. The summed E-state index contributed by atoms with van der Waals surface area (Å²) in [6.07, 6.45) is 1.48. The van der Waals surface area contributed by atoms with Gasteiger partial charge in [-0.05, 0) is 37.6 Å². The van der Waals surface area contributed by atoms with Crippen molar-refractivity contribution in [3.8, 4) is 11.5 Å². The lowest BCUT2D eigenvalue weighted by molar-refractivity contribution is 0.374. The molecule has 0 amide bonds. The molecule has 0 bridgehead atoms. The van der Waals surface area contributed by atoms with Crippen molar-refractivity contribution in [1.29, 1.82) is 0 Å². The van der Waals surface area contributed by atoms with Gasteiger partial charge in [-0.3, -0.25) is 0 Å². The molecule has 0 radical (unpaired) electrons. The number of aromatic hydroxyl groups is 1. The smallest absolute Gasteiger partial charge is 0.161 e. The predicted octanol–water partition coefficient (Wildman–Crippen LogP) is 4.19. The van der Waals surface area contributed by atoms with Gasteiger partial charge in [0.05, 0.1) is 12.6 Å². The summed E-state index contributed by atoms with van der Waals surface area (Å²) >= 11 is 0. The van der Waals surface area contributed by atoms with E-state index in [1.807, 2.05) is 12.1 Å². The van der Waals surface area contributed by atoms with E-state index < -0.39 is 0 Å². The van der Waals surface area contributed by atoms with Crippen LogP contribution in [0.15, 0.2) is 36.7 Å². The van der Waals surface area contributed by atoms with Crippen molar-refractivity contribution in [2.75, 3.05) is 12.4 Å². The predicted molar refractivity (Wildman–Crippen MR) is 98.8 cm³/mol. The lowest BCUT2D eigenvalue weighted by Crippen LogP contribution is -1.97. The number of H-pyrrole nitrogens is 1. The average Bonchev–Trinajstić information content (AvgIpc) is 2.90. The first-order valence-electron chi connectivity index (χ1n) is 7.95. The van der Waals surface area contributed by atoms with Crippen LogP contribution in [0.1, 0.15) is 11.3 Å². The highest BCUT2D eigenvalue weighted by Gasteiger charge is 2.13. The van der Waals surface area contributed by atoms with Crippen LogP contribution in [0.25, 0.3) is 21.8 Å². The number of anilines is 2. The molecule has 0 spiro atoms. The standard InChI is InChI=1S/C19H18N4O2/c1-10-11(2)22-13-5-4-6-14(18(10)13)23-19-12-7-17(25-3)16(24)8-15(12)20-9-21-19/h4-9,22,24H,1-3H3,(H,20,21,23). The molecule has 6 heteroatoms. The second kappa shape index (κ2) is 5.66. The molecule has 4 rings (SSSR count). The van der Waals surface area contributed by atoms with E-state index >= 15 is 0 Å². The van der Waals surface area contributed by atoms with Gasteiger partial charge in [0.1, 0.15) is 12.1 Å². The van der Waals surface area contributed by atoms with Gasteiger partial charge in [0.15, 0.2) is 11.5 Å². The van der Waals surface area contributed by atoms with E-state index in [1.54, 1.807) is 12.1 Å². The highest BCUT2D eigenvalue weighted by atomic mass is 16.5. The Labute approximate surface area is 144 Å². The van der Waals surface area contributed by atoms with Crippen molar-refractivity contribution in [2.24, 2.45) is 0 Å². The lowest BCUT2D eigenvalue weighted by atomic mass is 10.1. The summed E-state index contributed by atoms with van der Waals surface area (Å²) < 4.78 is 5.21. The van der Waals surface area contributed by atoms with E-state index in [4.69, 9.17) is 4.74 Å². The molecule has 2 aromatic carbocycles. The van der Waals surface area contributed by atoms with Gasteiger partial charge in [0, 0.05) is 33.7 Å². The minimum atomic E-state index is 0.0545. The Hall–Kier alpha value is -3.28. The fourth-order valence-corrected chi connectivity index (χ4v) is 3.11. The largest absolute Gasteiger partial charge is 0.504 e. The van der Waals surface area contributed by atoms with Crippen LogP contribution in [0.3, 0.4) is 0 Å². The van der Waals surface area contributed by atoms with Gasteiger partial charge in [-0.15, -0.1) is 0 Å². The SMILES string of the molecule is COc1cc2c(Nc3cccc4[nH]c(C)c(C)c34)ncnc2cc1O. The molecule has 6 nitrogen and oxygen atoms in total. The molecule has 4 aromatic rings. The van der Waals surface area contributed by atoms with E-state index in [9.17, 15) is 5.11 Å². The Bertz CT molecular complexity index is 1100. The van der Waals surface area contributed by atoms with Crippen LogP contribution in [0, 0.1) is 13.8 Å². The van der Waals surface area contributed by atoms with Crippen LogP contribution in [0.4, 0.5) is 11.5 Å². The molecule has 126 valence electrons. The zero-order valence-electron chi connectivity index (χ0n) is 14.2. The number of aromatic nitrogens is 3. The van der Waals surface area contributed by atoms with Crippen molar-refractivity contribution < 1.29 is 9.84 Å². The van der Waals surface area contributed by atoms with Crippen LogP contribution in [-0.4, -0.2) is 27.2 Å². The summed E-state index contributed by atoms with van der Waals surface area (Å²) in [6, 6.07) is 9.39. The van der Waals surface area contributed by atoms with E-state index in [0.29, 0.717) is 17.1 Å². The summed E-state index contributed by atoms with van der Waals surface area (Å²) in [5.41, 5.74) is 5.03. The first-order chi connectivity index (χ1) is 12.1. The van der Waals surface area contributed by atoms with Crippen molar-refractivity contribution in [3.05, 3.63) is 47.9 Å². The third kappa shape index (κ3) is 2.42. The fourth-order valence-electron chi connectivity index (χ4n) is 3.11. The fraction of sp³-hybridized carbons (Fsp3) is 0.158.